The van der Waals surface area contributed by atoms with E-state index in [1.165, 1.54) is 16.9 Å². The van der Waals surface area contributed by atoms with Gasteiger partial charge in [0.05, 0.1) is 11.3 Å². The van der Waals surface area contributed by atoms with Crippen molar-refractivity contribution < 1.29 is 0 Å². The summed E-state index contributed by atoms with van der Waals surface area (Å²) in [4.78, 5) is 6.99. The topological polar surface area (TPSA) is 39.9 Å². The monoisotopic (exact) mass is 455 g/mol. The fourth-order valence-electron chi connectivity index (χ4n) is 3.43. The molecule has 4 aromatic rings. The Labute approximate surface area is 197 Å². The zero-order valence-corrected chi connectivity index (χ0v) is 19.3. The molecule has 4 rings (SSSR count). The third kappa shape index (κ3) is 5.26. The summed E-state index contributed by atoms with van der Waals surface area (Å²) in [6.07, 6.45) is 1.89. The van der Waals surface area contributed by atoms with Crippen molar-refractivity contribution in [3.8, 4) is 17.3 Å². The van der Waals surface area contributed by atoms with Crippen LogP contribution in [0.15, 0.2) is 84.2 Å². The Morgan fingerprint density at radius 3 is 2.41 bits per heavy atom. The van der Waals surface area contributed by atoms with E-state index in [2.05, 4.69) is 59.3 Å². The minimum absolute atomic E-state index is 0.555. The van der Waals surface area contributed by atoms with Crippen LogP contribution in [-0.2, 0) is 6.54 Å². The quantitative estimate of drug-likeness (QED) is 0.270. The summed E-state index contributed by atoms with van der Waals surface area (Å²) in [5.74, 6) is 0. The molecular formula is C27H22ClN3S. The third-order valence-electron chi connectivity index (χ3n) is 5.16. The van der Waals surface area contributed by atoms with Gasteiger partial charge in [-0.05, 0) is 48.4 Å². The molecule has 32 heavy (non-hydrogen) atoms. The van der Waals surface area contributed by atoms with Gasteiger partial charge in [0.2, 0.25) is 0 Å². The van der Waals surface area contributed by atoms with Crippen molar-refractivity contribution in [2.45, 2.75) is 13.5 Å². The summed E-state index contributed by atoms with van der Waals surface area (Å²) in [6, 6.07) is 28.6. The number of nitrogens with zero attached hydrogens (tertiary/aromatic N) is 3. The van der Waals surface area contributed by atoms with Crippen molar-refractivity contribution in [2.75, 3.05) is 11.4 Å². The average molecular weight is 456 g/mol. The maximum atomic E-state index is 9.72. The third-order valence-corrected chi connectivity index (χ3v) is 6.29. The molecule has 0 saturated carbocycles. The molecule has 158 valence electrons. The SMILES string of the molecule is CCN(Cc1ccccc1)c1ccc(/C=C(/C#N)c2nc(-c3ccc(Cl)cc3)cs2)cc1. The van der Waals surface area contributed by atoms with Crippen LogP contribution in [0.5, 0.6) is 0 Å². The Morgan fingerprint density at radius 1 is 1.03 bits per heavy atom. The van der Waals surface area contributed by atoms with Crippen molar-refractivity contribution in [1.29, 1.82) is 5.26 Å². The largest absolute Gasteiger partial charge is 0.367 e. The lowest BCUT2D eigenvalue weighted by Gasteiger charge is -2.23. The van der Waals surface area contributed by atoms with Gasteiger partial charge in [-0.3, -0.25) is 0 Å². The van der Waals surface area contributed by atoms with E-state index in [1.807, 2.05) is 53.9 Å². The van der Waals surface area contributed by atoms with E-state index in [9.17, 15) is 5.26 Å². The Kier molecular flexibility index (Phi) is 7.01. The zero-order valence-electron chi connectivity index (χ0n) is 17.7. The van der Waals surface area contributed by atoms with Crippen molar-refractivity contribution in [2.24, 2.45) is 0 Å². The molecule has 5 heteroatoms. The van der Waals surface area contributed by atoms with E-state index in [0.29, 0.717) is 15.6 Å². The molecule has 0 amide bonds. The number of hydrogen-bond donors (Lipinski definition) is 0. The minimum atomic E-state index is 0.555. The second-order valence-electron chi connectivity index (χ2n) is 7.31. The Bertz CT molecular complexity index is 1240. The molecule has 0 saturated heterocycles. The zero-order chi connectivity index (χ0) is 22.3. The summed E-state index contributed by atoms with van der Waals surface area (Å²) >= 11 is 7.45. The molecule has 3 aromatic carbocycles. The van der Waals surface area contributed by atoms with Gasteiger partial charge in [-0.25, -0.2) is 4.98 Å². The van der Waals surface area contributed by atoms with Crippen molar-refractivity contribution >= 4 is 40.3 Å². The van der Waals surface area contributed by atoms with Gasteiger partial charge in [0.1, 0.15) is 11.1 Å². The highest BCUT2D eigenvalue weighted by molar-refractivity contribution is 7.11. The lowest BCUT2D eigenvalue weighted by Crippen LogP contribution is -2.21. The molecule has 1 heterocycles. The van der Waals surface area contributed by atoms with Crippen LogP contribution in [0.25, 0.3) is 22.9 Å². The van der Waals surface area contributed by atoms with Crippen LogP contribution in [0.1, 0.15) is 23.1 Å². The first kappa shape index (κ1) is 21.8. The van der Waals surface area contributed by atoms with Crippen LogP contribution in [-0.4, -0.2) is 11.5 Å². The van der Waals surface area contributed by atoms with Crippen LogP contribution >= 0.6 is 22.9 Å². The fraction of sp³-hybridized carbons (Fsp3) is 0.111. The molecule has 0 spiro atoms. The number of thiazole rings is 1. The van der Waals surface area contributed by atoms with Crippen LogP contribution in [0, 0.1) is 11.3 Å². The molecule has 0 aliphatic carbocycles. The molecule has 0 unspecified atom stereocenters. The number of nitriles is 1. The number of allylic oxidation sites excluding steroid dienone is 1. The molecule has 1 aromatic heterocycles. The van der Waals surface area contributed by atoms with Gasteiger partial charge in [-0.2, -0.15) is 5.26 Å². The van der Waals surface area contributed by atoms with Gasteiger partial charge in [0, 0.05) is 34.7 Å². The van der Waals surface area contributed by atoms with E-state index in [0.717, 1.165) is 35.6 Å². The van der Waals surface area contributed by atoms with Crippen molar-refractivity contribution in [3.63, 3.8) is 0 Å². The first-order chi connectivity index (χ1) is 15.7. The standard InChI is InChI=1S/C27H22ClN3S/c1-2-31(18-21-6-4-3-5-7-21)25-14-8-20(9-15-25)16-23(17-29)27-30-26(19-32-27)22-10-12-24(28)13-11-22/h3-16,19H,2,18H2,1H3/b23-16-. The Morgan fingerprint density at radius 2 is 1.75 bits per heavy atom. The number of anilines is 1. The lowest BCUT2D eigenvalue weighted by molar-refractivity contribution is 0.832. The summed E-state index contributed by atoms with van der Waals surface area (Å²) in [5, 5.41) is 13.1. The second-order valence-corrected chi connectivity index (χ2v) is 8.60. The number of benzene rings is 3. The van der Waals surface area contributed by atoms with Gasteiger partial charge >= 0.3 is 0 Å². The number of aromatic nitrogens is 1. The molecule has 0 fully saturated rings. The summed E-state index contributed by atoms with van der Waals surface area (Å²) in [6.45, 7) is 3.94. The predicted molar refractivity (Wildman–Crippen MR) is 136 cm³/mol. The fourth-order valence-corrected chi connectivity index (χ4v) is 4.35. The number of halogens is 1. The van der Waals surface area contributed by atoms with Gasteiger partial charge in [0.25, 0.3) is 0 Å². The molecule has 0 radical (unpaired) electrons. The molecule has 0 aliphatic rings. The normalized spacial score (nSPS) is 11.2. The second kappa shape index (κ2) is 10.3. The Hall–Kier alpha value is -3.39. The Balaban J connectivity index is 1.52. The average Bonchev–Trinajstić information content (AvgIpc) is 3.33. The smallest absolute Gasteiger partial charge is 0.134 e. The van der Waals surface area contributed by atoms with E-state index in [4.69, 9.17) is 11.6 Å². The molecule has 0 bridgehead atoms. The first-order valence-electron chi connectivity index (χ1n) is 10.4. The van der Waals surface area contributed by atoms with E-state index in [-0.39, 0.29) is 0 Å². The van der Waals surface area contributed by atoms with E-state index >= 15 is 0 Å². The van der Waals surface area contributed by atoms with Crippen LogP contribution < -0.4 is 4.90 Å². The maximum absolute atomic E-state index is 9.72. The molecule has 3 nitrogen and oxygen atoms in total. The van der Waals surface area contributed by atoms with Crippen molar-refractivity contribution in [3.05, 3.63) is 105 Å². The highest BCUT2D eigenvalue weighted by Gasteiger charge is 2.10. The van der Waals surface area contributed by atoms with Crippen LogP contribution in [0.4, 0.5) is 5.69 Å². The molecule has 0 aliphatic heterocycles. The summed E-state index contributed by atoms with van der Waals surface area (Å²) in [5.41, 5.74) is 5.80. The molecule has 0 N–H and O–H groups in total. The number of rotatable bonds is 7. The van der Waals surface area contributed by atoms with Gasteiger partial charge in [-0.15, -0.1) is 11.3 Å². The molecular weight excluding hydrogens is 434 g/mol. The van der Waals surface area contributed by atoms with Gasteiger partial charge in [-0.1, -0.05) is 66.2 Å². The van der Waals surface area contributed by atoms with Crippen LogP contribution in [0.3, 0.4) is 0 Å². The lowest BCUT2D eigenvalue weighted by atomic mass is 10.1. The maximum Gasteiger partial charge on any atom is 0.134 e. The van der Waals surface area contributed by atoms with Gasteiger partial charge < -0.3 is 4.90 Å². The minimum Gasteiger partial charge on any atom is -0.367 e. The molecule has 0 atom stereocenters. The highest BCUT2D eigenvalue weighted by Crippen LogP contribution is 2.28. The number of hydrogen-bond acceptors (Lipinski definition) is 4. The highest BCUT2D eigenvalue weighted by atomic mass is 35.5. The summed E-state index contributed by atoms with van der Waals surface area (Å²) in [7, 11) is 0. The van der Waals surface area contributed by atoms with Crippen molar-refractivity contribution in [1.82, 2.24) is 4.98 Å². The van der Waals surface area contributed by atoms with Gasteiger partial charge in [0.15, 0.2) is 0 Å². The first-order valence-corrected chi connectivity index (χ1v) is 11.6. The summed E-state index contributed by atoms with van der Waals surface area (Å²) < 4.78 is 0. The predicted octanol–water partition coefficient (Wildman–Crippen LogP) is 7.55. The van der Waals surface area contributed by atoms with E-state index in [1.54, 1.807) is 0 Å². The van der Waals surface area contributed by atoms with Crippen LogP contribution in [0.2, 0.25) is 5.02 Å². The van der Waals surface area contributed by atoms with E-state index < -0.39 is 0 Å².